The molecule has 0 bridgehead atoms. The van der Waals surface area contributed by atoms with Crippen LogP contribution in [0.4, 0.5) is 0 Å². The van der Waals surface area contributed by atoms with Crippen LogP contribution in [0.5, 0.6) is 0 Å². The quantitative estimate of drug-likeness (QED) is 0.661. The zero-order valence-electron chi connectivity index (χ0n) is 6.56. The van der Waals surface area contributed by atoms with Gasteiger partial charge in [0.05, 0.1) is 11.4 Å². The number of hydrogen-bond acceptors (Lipinski definition) is 4. The van der Waals surface area contributed by atoms with Crippen LogP contribution in [0.1, 0.15) is 17.0 Å². The van der Waals surface area contributed by atoms with E-state index in [1.54, 1.807) is 0 Å². The molecule has 0 aromatic carbocycles. The maximum atomic E-state index is 4.33. The minimum Gasteiger partial charge on any atom is -0.256 e. The molecule has 0 aliphatic rings. The number of aromatic nitrogens is 1. The predicted octanol–water partition coefficient (Wildman–Crippen LogP) is 2.37. The Balaban J connectivity index is 3.01. The highest BCUT2D eigenvalue weighted by Gasteiger charge is 1.98. The number of thiol groups is 3. The molecule has 0 N–H and O–H groups in total. The molecule has 1 aromatic rings. The molecule has 0 spiro atoms. The van der Waals surface area contributed by atoms with Gasteiger partial charge in [-0.2, -0.15) is 37.9 Å². The third-order valence-electron chi connectivity index (χ3n) is 1.50. The Morgan fingerprint density at radius 2 is 1.42 bits per heavy atom. The van der Waals surface area contributed by atoms with Crippen molar-refractivity contribution < 1.29 is 0 Å². The summed E-state index contributed by atoms with van der Waals surface area (Å²) in [4.78, 5) is 4.33. The van der Waals surface area contributed by atoms with Crippen molar-refractivity contribution in [3.8, 4) is 0 Å². The summed E-state index contributed by atoms with van der Waals surface area (Å²) in [6, 6.07) is 4.04. The van der Waals surface area contributed by atoms with Gasteiger partial charge in [0.1, 0.15) is 0 Å². The van der Waals surface area contributed by atoms with Crippen molar-refractivity contribution in [1.82, 2.24) is 4.98 Å². The molecule has 1 nitrogen and oxygen atoms in total. The third kappa shape index (κ3) is 2.61. The molecule has 12 heavy (non-hydrogen) atoms. The van der Waals surface area contributed by atoms with E-state index in [-0.39, 0.29) is 0 Å². The molecule has 0 atom stereocenters. The fraction of sp³-hybridized carbons (Fsp3) is 0.375. The van der Waals surface area contributed by atoms with E-state index in [0.717, 1.165) is 17.1 Å². The van der Waals surface area contributed by atoms with E-state index in [4.69, 9.17) is 0 Å². The fourth-order valence-electron chi connectivity index (χ4n) is 0.972. The molecular formula is C8H11NS3. The average molecular weight is 217 g/mol. The summed E-state index contributed by atoms with van der Waals surface area (Å²) in [5, 5.41) is 0. The lowest BCUT2D eigenvalue weighted by Crippen LogP contribution is -1.94. The van der Waals surface area contributed by atoms with E-state index >= 15 is 0 Å². The lowest BCUT2D eigenvalue weighted by atomic mass is 10.2. The average Bonchev–Trinajstić information content (AvgIpc) is 2.16. The third-order valence-corrected chi connectivity index (χ3v) is 2.51. The molecule has 1 heterocycles. The summed E-state index contributed by atoms with van der Waals surface area (Å²) in [6.07, 6.45) is 0. The van der Waals surface area contributed by atoms with Gasteiger partial charge in [0.25, 0.3) is 0 Å². The molecule has 4 heteroatoms. The smallest absolute Gasteiger partial charge is 0.0506 e. The second kappa shape index (κ2) is 5.04. The van der Waals surface area contributed by atoms with E-state index in [2.05, 4.69) is 42.9 Å². The Morgan fingerprint density at radius 1 is 0.917 bits per heavy atom. The number of hydrogen-bond donors (Lipinski definition) is 3. The van der Waals surface area contributed by atoms with Crippen LogP contribution in [0.3, 0.4) is 0 Å². The predicted molar refractivity (Wildman–Crippen MR) is 62.3 cm³/mol. The SMILES string of the molecule is SCc1cc(CS)nc(CS)c1. The fourth-order valence-corrected chi connectivity index (χ4v) is 1.48. The second-order valence-electron chi connectivity index (χ2n) is 2.43. The topological polar surface area (TPSA) is 12.9 Å². The van der Waals surface area contributed by atoms with Crippen LogP contribution < -0.4 is 0 Å². The molecule has 66 valence electrons. The maximum Gasteiger partial charge on any atom is 0.0506 e. The normalized spacial score (nSPS) is 10.2. The molecule has 0 saturated heterocycles. The summed E-state index contributed by atoms with van der Waals surface area (Å²) in [6.45, 7) is 0. The second-order valence-corrected chi connectivity index (χ2v) is 3.38. The van der Waals surface area contributed by atoms with Gasteiger partial charge in [-0.1, -0.05) is 0 Å². The molecule has 0 unspecified atom stereocenters. The zero-order valence-corrected chi connectivity index (χ0v) is 9.25. The van der Waals surface area contributed by atoms with Crippen molar-refractivity contribution in [3.05, 3.63) is 29.1 Å². The first-order valence-corrected chi connectivity index (χ1v) is 5.51. The monoisotopic (exact) mass is 217 g/mol. The van der Waals surface area contributed by atoms with Crippen molar-refractivity contribution in [3.63, 3.8) is 0 Å². The summed E-state index contributed by atoms with van der Waals surface area (Å²) < 4.78 is 0. The molecule has 0 saturated carbocycles. The Bertz CT molecular complexity index is 207. The van der Waals surface area contributed by atoms with Crippen molar-refractivity contribution in [2.24, 2.45) is 0 Å². The van der Waals surface area contributed by atoms with Crippen LogP contribution in [-0.4, -0.2) is 4.98 Å². The Hall–Kier alpha value is 0.200. The first kappa shape index (κ1) is 10.3. The summed E-state index contributed by atoms with van der Waals surface area (Å²) >= 11 is 12.5. The van der Waals surface area contributed by atoms with E-state index in [9.17, 15) is 0 Å². The van der Waals surface area contributed by atoms with E-state index in [1.807, 2.05) is 12.1 Å². The minimum absolute atomic E-state index is 0.669. The zero-order chi connectivity index (χ0) is 8.97. The van der Waals surface area contributed by atoms with E-state index in [0.29, 0.717) is 11.5 Å². The van der Waals surface area contributed by atoms with Gasteiger partial charge in [-0.25, -0.2) is 0 Å². The highest BCUT2D eigenvalue weighted by atomic mass is 32.1. The van der Waals surface area contributed by atoms with E-state index < -0.39 is 0 Å². The first-order chi connectivity index (χ1) is 5.80. The van der Waals surface area contributed by atoms with Crippen molar-refractivity contribution in [1.29, 1.82) is 0 Å². The Labute approximate surface area is 89.2 Å². The minimum atomic E-state index is 0.669. The molecule has 0 radical (unpaired) electrons. The molecule has 0 aliphatic carbocycles. The van der Waals surface area contributed by atoms with Gasteiger partial charge < -0.3 is 0 Å². The largest absolute Gasteiger partial charge is 0.256 e. The maximum absolute atomic E-state index is 4.33. The summed E-state index contributed by atoms with van der Waals surface area (Å²) in [7, 11) is 0. The standard InChI is InChI=1S/C8H11NS3/c10-3-6-1-7(4-11)9-8(2-6)5-12/h1-2,10-12H,3-5H2. The Kier molecular flexibility index (Phi) is 4.32. The molecule has 1 aromatic heterocycles. The van der Waals surface area contributed by atoms with Crippen LogP contribution in [-0.2, 0) is 17.3 Å². The van der Waals surface area contributed by atoms with Crippen molar-refractivity contribution in [2.45, 2.75) is 17.3 Å². The number of pyridine rings is 1. The first-order valence-electron chi connectivity index (χ1n) is 3.61. The van der Waals surface area contributed by atoms with E-state index in [1.165, 1.54) is 5.56 Å². The van der Waals surface area contributed by atoms with Crippen molar-refractivity contribution >= 4 is 37.9 Å². The number of rotatable bonds is 3. The lowest BCUT2D eigenvalue weighted by molar-refractivity contribution is 1.08. The van der Waals surface area contributed by atoms with Gasteiger partial charge >= 0.3 is 0 Å². The van der Waals surface area contributed by atoms with Crippen LogP contribution >= 0.6 is 37.9 Å². The van der Waals surface area contributed by atoms with Crippen molar-refractivity contribution in [2.75, 3.05) is 0 Å². The van der Waals surface area contributed by atoms with Gasteiger partial charge in [-0.3, -0.25) is 4.98 Å². The highest BCUT2D eigenvalue weighted by Crippen LogP contribution is 2.11. The Morgan fingerprint density at radius 3 is 1.75 bits per heavy atom. The van der Waals surface area contributed by atoms with Gasteiger partial charge in [-0.05, 0) is 17.7 Å². The molecular weight excluding hydrogens is 206 g/mol. The van der Waals surface area contributed by atoms with Gasteiger partial charge in [0, 0.05) is 17.3 Å². The highest BCUT2D eigenvalue weighted by molar-refractivity contribution is 7.79. The van der Waals surface area contributed by atoms with Crippen LogP contribution in [0, 0.1) is 0 Å². The molecule has 0 aliphatic heterocycles. The van der Waals surface area contributed by atoms with Crippen LogP contribution in [0.25, 0.3) is 0 Å². The van der Waals surface area contributed by atoms with Crippen LogP contribution in [0.15, 0.2) is 12.1 Å². The van der Waals surface area contributed by atoms with Crippen LogP contribution in [0.2, 0.25) is 0 Å². The molecule has 1 rings (SSSR count). The van der Waals surface area contributed by atoms with Gasteiger partial charge in [0.15, 0.2) is 0 Å². The lowest BCUT2D eigenvalue weighted by Gasteiger charge is -2.03. The van der Waals surface area contributed by atoms with Gasteiger partial charge in [-0.15, -0.1) is 0 Å². The summed E-state index contributed by atoms with van der Waals surface area (Å²) in [5.41, 5.74) is 3.17. The van der Waals surface area contributed by atoms with Gasteiger partial charge in [0.2, 0.25) is 0 Å². The molecule has 0 amide bonds. The summed E-state index contributed by atoms with van der Waals surface area (Å²) in [5.74, 6) is 2.08. The molecule has 0 fully saturated rings. The number of nitrogens with zero attached hydrogens (tertiary/aromatic N) is 1.